The van der Waals surface area contributed by atoms with Gasteiger partial charge in [-0.15, -0.1) is 0 Å². The molecule has 0 bridgehead atoms. The number of benzene rings is 1. The molecule has 4 amide bonds. The van der Waals surface area contributed by atoms with Crippen molar-refractivity contribution in [2.75, 3.05) is 6.54 Å². The smallest absolute Gasteiger partial charge is 0.325 e. The first-order valence-electron chi connectivity index (χ1n) is 10.2. The van der Waals surface area contributed by atoms with E-state index in [1.807, 2.05) is 6.07 Å². The highest BCUT2D eigenvalue weighted by Gasteiger charge is 2.52. The summed E-state index contributed by atoms with van der Waals surface area (Å²) in [4.78, 5) is 38.7. The fraction of sp³-hybridized carbons (Fsp3) is 0.571. The molecule has 0 aromatic heterocycles. The summed E-state index contributed by atoms with van der Waals surface area (Å²) in [7, 11) is 0. The van der Waals surface area contributed by atoms with E-state index in [1.54, 1.807) is 0 Å². The highest BCUT2D eigenvalue weighted by molar-refractivity contribution is 6.09. The van der Waals surface area contributed by atoms with Crippen LogP contribution in [0.5, 0.6) is 0 Å². The van der Waals surface area contributed by atoms with E-state index >= 15 is 0 Å². The van der Waals surface area contributed by atoms with Crippen LogP contribution in [-0.4, -0.2) is 34.8 Å². The van der Waals surface area contributed by atoms with Crippen LogP contribution in [0.4, 0.5) is 4.79 Å². The summed E-state index contributed by atoms with van der Waals surface area (Å²) in [6, 6.07) is 5.72. The summed E-state index contributed by atoms with van der Waals surface area (Å²) in [6.45, 7) is 4.05. The first-order chi connectivity index (χ1) is 13.5. The molecule has 28 heavy (non-hydrogen) atoms. The molecule has 1 spiro atoms. The molecule has 150 valence electrons. The van der Waals surface area contributed by atoms with Crippen LogP contribution in [0.2, 0.25) is 0 Å². The molecule has 1 aliphatic carbocycles. The minimum absolute atomic E-state index is 0.226. The Morgan fingerprint density at radius 1 is 1.21 bits per heavy atom. The Balaban J connectivity index is 1.33. The van der Waals surface area contributed by atoms with Gasteiger partial charge in [-0.25, -0.2) is 4.79 Å². The Bertz CT molecular complexity index is 799. The fourth-order valence-electron chi connectivity index (χ4n) is 4.60. The quantitative estimate of drug-likeness (QED) is 0.675. The number of nitrogens with one attached hydrogen (secondary N) is 3. The maximum absolute atomic E-state index is 12.9. The van der Waals surface area contributed by atoms with E-state index in [4.69, 9.17) is 0 Å². The van der Waals surface area contributed by atoms with E-state index in [9.17, 15) is 14.4 Å². The van der Waals surface area contributed by atoms with Gasteiger partial charge in [-0.05, 0) is 48.3 Å². The number of carbonyl (C=O) groups excluding carboxylic acids is 3. The molecule has 0 atom stereocenters. The Hall–Kier alpha value is -2.41. The van der Waals surface area contributed by atoms with Crippen molar-refractivity contribution in [3.05, 3.63) is 34.9 Å². The van der Waals surface area contributed by atoms with Crippen molar-refractivity contribution < 1.29 is 14.4 Å². The predicted octanol–water partition coefficient (Wildman–Crippen LogP) is 1.80. The van der Waals surface area contributed by atoms with Crippen LogP contribution in [-0.2, 0) is 29.2 Å². The number of amides is 4. The summed E-state index contributed by atoms with van der Waals surface area (Å²) in [5.74, 6) is 0.0578. The van der Waals surface area contributed by atoms with Gasteiger partial charge in [-0.2, -0.15) is 0 Å². The fourth-order valence-corrected chi connectivity index (χ4v) is 4.60. The molecule has 1 saturated heterocycles. The van der Waals surface area contributed by atoms with Gasteiger partial charge in [0.15, 0.2) is 0 Å². The largest absolute Gasteiger partial charge is 0.350 e. The van der Waals surface area contributed by atoms with Crippen LogP contribution in [0, 0.1) is 5.92 Å². The standard InChI is InChI=1S/C21H28N4O3/c1-2-14-5-7-21(8-6-14)19(27)25(20(28)24-21)13-18(26)23-10-15-3-4-16-11-22-12-17(16)9-15/h3-4,9,14,22H,2,5-8,10-13H2,1H3,(H,23,26)(H,24,28). The zero-order valence-electron chi connectivity index (χ0n) is 16.3. The second kappa shape index (κ2) is 7.54. The number of rotatable bonds is 5. The van der Waals surface area contributed by atoms with Gasteiger partial charge in [0.25, 0.3) is 5.91 Å². The van der Waals surface area contributed by atoms with E-state index in [1.165, 1.54) is 11.1 Å². The van der Waals surface area contributed by atoms with Gasteiger partial charge in [-0.1, -0.05) is 31.5 Å². The van der Waals surface area contributed by atoms with Crippen molar-refractivity contribution >= 4 is 17.8 Å². The number of hydrogen-bond donors (Lipinski definition) is 3. The molecule has 3 N–H and O–H groups in total. The molecule has 7 heteroatoms. The second-order valence-electron chi connectivity index (χ2n) is 8.24. The van der Waals surface area contributed by atoms with Crippen molar-refractivity contribution in [3.8, 4) is 0 Å². The molecule has 0 unspecified atom stereocenters. The van der Waals surface area contributed by atoms with E-state index < -0.39 is 11.6 Å². The number of imide groups is 1. The Kier molecular flexibility index (Phi) is 5.10. The zero-order chi connectivity index (χ0) is 19.7. The lowest BCUT2D eigenvalue weighted by Gasteiger charge is -2.34. The number of urea groups is 1. The SMILES string of the molecule is CCC1CCC2(CC1)NC(=O)N(CC(=O)NCc1ccc3c(c1)CNC3)C2=O. The molecule has 2 heterocycles. The molecular weight excluding hydrogens is 356 g/mol. The van der Waals surface area contributed by atoms with Crippen molar-refractivity contribution in [1.29, 1.82) is 0 Å². The molecule has 1 saturated carbocycles. The predicted molar refractivity (Wildman–Crippen MR) is 104 cm³/mol. The zero-order valence-corrected chi connectivity index (χ0v) is 16.3. The topological polar surface area (TPSA) is 90.5 Å². The van der Waals surface area contributed by atoms with Crippen molar-refractivity contribution in [2.45, 2.75) is 64.2 Å². The summed E-state index contributed by atoms with van der Waals surface area (Å²) < 4.78 is 0. The number of nitrogens with zero attached hydrogens (tertiary/aromatic N) is 1. The van der Waals surface area contributed by atoms with Crippen molar-refractivity contribution in [2.24, 2.45) is 5.92 Å². The molecule has 0 radical (unpaired) electrons. The summed E-state index contributed by atoms with van der Waals surface area (Å²) in [5.41, 5.74) is 2.76. The molecule has 1 aromatic carbocycles. The molecule has 7 nitrogen and oxygen atoms in total. The highest BCUT2D eigenvalue weighted by atomic mass is 16.2. The highest BCUT2D eigenvalue weighted by Crippen LogP contribution is 2.37. The summed E-state index contributed by atoms with van der Waals surface area (Å²) >= 11 is 0. The van der Waals surface area contributed by atoms with Gasteiger partial charge >= 0.3 is 6.03 Å². The Labute approximate surface area is 165 Å². The Morgan fingerprint density at radius 2 is 1.96 bits per heavy atom. The van der Waals surface area contributed by atoms with Crippen LogP contribution in [0.3, 0.4) is 0 Å². The average Bonchev–Trinajstić information content (AvgIpc) is 3.25. The number of fused-ring (bicyclic) bond motifs is 1. The van der Waals surface area contributed by atoms with E-state index in [0.717, 1.165) is 42.8 Å². The minimum Gasteiger partial charge on any atom is -0.350 e. The van der Waals surface area contributed by atoms with Gasteiger partial charge in [0.1, 0.15) is 12.1 Å². The van der Waals surface area contributed by atoms with Crippen molar-refractivity contribution in [1.82, 2.24) is 20.9 Å². The van der Waals surface area contributed by atoms with Crippen LogP contribution in [0.25, 0.3) is 0 Å². The monoisotopic (exact) mass is 384 g/mol. The minimum atomic E-state index is -0.796. The van der Waals surface area contributed by atoms with Gasteiger partial charge in [0.05, 0.1) is 0 Å². The van der Waals surface area contributed by atoms with Crippen molar-refractivity contribution in [3.63, 3.8) is 0 Å². The molecule has 3 aliphatic rings. The van der Waals surface area contributed by atoms with E-state index in [-0.39, 0.29) is 18.4 Å². The molecule has 4 rings (SSSR count). The molecule has 2 aliphatic heterocycles. The third-order valence-electron chi connectivity index (χ3n) is 6.47. The maximum Gasteiger partial charge on any atom is 0.325 e. The van der Waals surface area contributed by atoms with Crippen LogP contribution in [0.15, 0.2) is 18.2 Å². The van der Waals surface area contributed by atoms with Gasteiger partial charge in [0, 0.05) is 19.6 Å². The third-order valence-corrected chi connectivity index (χ3v) is 6.47. The summed E-state index contributed by atoms with van der Waals surface area (Å²) in [5, 5.41) is 9.00. The first-order valence-corrected chi connectivity index (χ1v) is 10.2. The molecule has 2 fully saturated rings. The lowest BCUT2D eigenvalue weighted by Crippen LogP contribution is -2.50. The summed E-state index contributed by atoms with van der Waals surface area (Å²) in [6.07, 6.45) is 4.31. The lowest BCUT2D eigenvalue weighted by molar-refractivity contribution is -0.136. The Morgan fingerprint density at radius 3 is 2.71 bits per heavy atom. The van der Waals surface area contributed by atoms with E-state index in [0.29, 0.717) is 25.3 Å². The number of hydrogen-bond acceptors (Lipinski definition) is 4. The normalized spacial score (nSPS) is 26.5. The first kappa shape index (κ1) is 18.9. The second-order valence-corrected chi connectivity index (χ2v) is 8.24. The van der Waals surface area contributed by atoms with Gasteiger partial charge in [-0.3, -0.25) is 14.5 Å². The third kappa shape index (κ3) is 3.51. The van der Waals surface area contributed by atoms with Gasteiger partial charge in [0.2, 0.25) is 5.91 Å². The molecule has 1 aromatic rings. The average molecular weight is 384 g/mol. The van der Waals surface area contributed by atoms with Crippen LogP contribution in [0.1, 0.15) is 55.7 Å². The molecular formula is C21H28N4O3. The number of carbonyl (C=O) groups is 3. The van der Waals surface area contributed by atoms with Gasteiger partial charge < -0.3 is 16.0 Å². The lowest BCUT2D eigenvalue weighted by atomic mass is 9.75. The van der Waals surface area contributed by atoms with E-state index in [2.05, 4.69) is 35.0 Å². The maximum atomic E-state index is 12.9. The van der Waals surface area contributed by atoms with Crippen LogP contribution < -0.4 is 16.0 Å². The van der Waals surface area contributed by atoms with Crippen LogP contribution >= 0.6 is 0 Å².